The highest BCUT2D eigenvalue weighted by Crippen LogP contribution is 2.20. The quantitative estimate of drug-likeness (QED) is 0.797. The van der Waals surface area contributed by atoms with Crippen molar-refractivity contribution in [3.8, 4) is 0 Å². The van der Waals surface area contributed by atoms with Crippen molar-refractivity contribution >= 4 is 40.3 Å². The summed E-state index contributed by atoms with van der Waals surface area (Å²) in [6.07, 6.45) is 2.01. The van der Waals surface area contributed by atoms with E-state index in [0.717, 1.165) is 29.5 Å². The summed E-state index contributed by atoms with van der Waals surface area (Å²) >= 11 is 2.04. The molecule has 96 valence electrons. The average molecular weight is 360 g/mol. The molecule has 1 aromatic carbocycles. The predicted molar refractivity (Wildman–Crippen MR) is 75.9 cm³/mol. The molecule has 0 unspecified atom stereocenters. The van der Waals surface area contributed by atoms with Crippen LogP contribution in [0.25, 0.3) is 0 Å². The van der Waals surface area contributed by atoms with Gasteiger partial charge in [0.05, 0.1) is 11.3 Å². The number of nitrogens with one attached hydrogen (secondary N) is 1. The number of carbonyl (C=O) groups is 2. The first-order chi connectivity index (χ1) is 8.58. The van der Waals surface area contributed by atoms with Crippen molar-refractivity contribution in [2.45, 2.75) is 12.8 Å². The van der Waals surface area contributed by atoms with Crippen LogP contribution in [0.2, 0.25) is 0 Å². The van der Waals surface area contributed by atoms with Crippen molar-refractivity contribution in [3.63, 3.8) is 0 Å². The first kappa shape index (κ1) is 13.1. The Balaban J connectivity index is 2.17. The van der Waals surface area contributed by atoms with Gasteiger partial charge in [-0.2, -0.15) is 0 Å². The van der Waals surface area contributed by atoms with Crippen LogP contribution in [0.3, 0.4) is 0 Å². The molecule has 1 fully saturated rings. The second kappa shape index (κ2) is 5.55. The van der Waals surface area contributed by atoms with Gasteiger partial charge in [0.25, 0.3) is 0 Å². The summed E-state index contributed by atoms with van der Waals surface area (Å²) in [4.78, 5) is 24.7. The molecular weight excluding hydrogens is 347 g/mol. The van der Waals surface area contributed by atoms with Gasteiger partial charge in [0.15, 0.2) is 0 Å². The Kier molecular flexibility index (Phi) is 4.05. The van der Waals surface area contributed by atoms with Gasteiger partial charge in [0.2, 0.25) is 0 Å². The summed E-state index contributed by atoms with van der Waals surface area (Å²) in [5.74, 6) is -1.04. The molecule has 0 spiro atoms. The normalized spacial score (nSPS) is 14.6. The molecule has 0 atom stereocenters. The summed E-state index contributed by atoms with van der Waals surface area (Å²) in [5, 5.41) is 11.8. The number of urea groups is 1. The van der Waals surface area contributed by atoms with E-state index >= 15 is 0 Å². The Labute approximate surface area is 118 Å². The summed E-state index contributed by atoms with van der Waals surface area (Å²) in [7, 11) is 0. The molecule has 2 amide bonds. The third-order valence-corrected chi connectivity index (χ3v) is 3.52. The lowest BCUT2D eigenvalue weighted by Crippen LogP contribution is -2.32. The zero-order valence-corrected chi connectivity index (χ0v) is 11.8. The minimum absolute atomic E-state index is 0.120. The van der Waals surface area contributed by atoms with Crippen LogP contribution in [0.4, 0.5) is 10.5 Å². The van der Waals surface area contributed by atoms with Crippen LogP contribution in [0.15, 0.2) is 18.2 Å². The Bertz CT molecular complexity index is 484. The van der Waals surface area contributed by atoms with E-state index in [9.17, 15) is 9.59 Å². The van der Waals surface area contributed by atoms with Gasteiger partial charge < -0.3 is 15.3 Å². The lowest BCUT2D eigenvalue weighted by molar-refractivity contribution is 0.0698. The van der Waals surface area contributed by atoms with E-state index in [2.05, 4.69) is 5.32 Å². The number of likely N-dealkylation sites (tertiary alicyclic amines) is 1. The number of hydrogen-bond donors (Lipinski definition) is 2. The highest BCUT2D eigenvalue weighted by atomic mass is 127. The molecule has 6 heteroatoms. The molecule has 0 saturated carbocycles. The van der Waals surface area contributed by atoms with Gasteiger partial charge >= 0.3 is 12.0 Å². The number of carboxylic acids is 1. The van der Waals surface area contributed by atoms with E-state index in [1.165, 1.54) is 0 Å². The van der Waals surface area contributed by atoms with Crippen LogP contribution < -0.4 is 5.32 Å². The van der Waals surface area contributed by atoms with Crippen molar-refractivity contribution < 1.29 is 14.7 Å². The highest BCUT2D eigenvalue weighted by molar-refractivity contribution is 14.1. The van der Waals surface area contributed by atoms with Crippen molar-refractivity contribution in [2.75, 3.05) is 18.4 Å². The maximum atomic E-state index is 11.9. The van der Waals surface area contributed by atoms with E-state index in [4.69, 9.17) is 5.11 Å². The fourth-order valence-electron chi connectivity index (χ4n) is 1.92. The minimum atomic E-state index is -1.04. The van der Waals surface area contributed by atoms with Crippen LogP contribution in [0, 0.1) is 3.57 Å². The Morgan fingerprint density at radius 2 is 1.94 bits per heavy atom. The monoisotopic (exact) mass is 360 g/mol. The van der Waals surface area contributed by atoms with Gasteiger partial charge in [-0.25, -0.2) is 9.59 Å². The lowest BCUT2D eigenvalue weighted by Gasteiger charge is -2.17. The number of nitrogens with zero attached hydrogens (tertiary/aromatic N) is 1. The van der Waals surface area contributed by atoms with Crippen LogP contribution in [0.5, 0.6) is 0 Å². The molecule has 1 aliphatic rings. The smallest absolute Gasteiger partial charge is 0.337 e. The van der Waals surface area contributed by atoms with Crippen LogP contribution in [0.1, 0.15) is 23.2 Å². The Hall–Kier alpha value is -1.31. The topological polar surface area (TPSA) is 69.6 Å². The molecule has 1 saturated heterocycles. The number of halogens is 1. The van der Waals surface area contributed by atoms with Crippen LogP contribution in [-0.2, 0) is 0 Å². The molecule has 0 bridgehead atoms. The largest absolute Gasteiger partial charge is 0.478 e. The number of amides is 2. The summed E-state index contributed by atoms with van der Waals surface area (Å²) in [6, 6.07) is 4.71. The number of aromatic carboxylic acids is 1. The molecule has 0 aliphatic carbocycles. The number of rotatable bonds is 2. The molecule has 2 N–H and O–H groups in total. The third kappa shape index (κ3) is 2.92. The van der Waals surface area contributed by atoms with Crippen molar-refractivity contribution in [3.05, 3.63) is 27.3 Å². The van der Waals surface area contributed by atoms with Crippen molar-refractivity contribution in [1.29, 1.82) is 0 Å². The second-order valence-corrected chi connectivity index (χ2v) is 5.36. The number of hydrogen-bond acceptors (Lipinski definition) is 2. The van der Waals surface area contributed by atoms with Gasteiger partial charge in [-0.15, -0.1) is 0 Å². The molecule has 0 aromatic heterocycles. The lowest BCUT2D eigenvalue weighted by atomic mass is 10.2. The maximum Gasteiger partial charge on any atom is 0.337 e. The van der Waals surface area contributed by atoms with E-state index in [1.54, 1.807) is 23.1 Å². The number of carbonyl (C=O) groups excluding carboxylic acids is 1. The van der Waals surface area contributed by atoms with E-state index in [0.29, 0.717) is 5.69 Å². The molecule has 18 heavy (non-hydrogen) atoms. The molecule has 2 rings (SSSR count). The second-order valence-electron chi connectivity index (χ2n) is 4.12. The van der Waals surface area contributed by atoms with Gasteiger partial charge in [-0.05, 0) is 53.6 Å². The Morgan fingerprint density at radius 1 is 1.28 bits per heavy atom. The molecule has 1 aromatic rings. The molecule has 1 heterocycles. The fraction of sp³-hybridized carbons (Fsp3) is 0.333. The van der Waals surface area contributed by atoms with Crippen LogP contribution >= 0.6 is 22.6 Å². The molecular formula is C12H13IN2O3. The summed E-state index contributed by atoms with van der Waals surface area (Å²) in [5.41, 5.74) is 0.467. The standard InChI is InChI=1S/C12H13IN2O3/c13-8-3-4-10(9(7-8)11(16)17)14-12(18)15-5-1-2-6-15/h3-4,7H,1-2,5-6H2,(H,14,18)(H,16,17). The molecule has 5 nitrogen and oxygen atoms in total. The minimum Gasteiger partial charge on any atom is -0.478 e. The zero-order valence-electron chi connectivity index (χ0n) is 9.65. The van der Waals surface area contributed by atoms with Gasteiger partial charge in [0.1, 0.15) is 0 Å². The number of benzene rings is 1. The first-order valence-electron chi connectivity index (χ1n) is 5.66. The van der Waals surface area contributed by atoms with E-state index < -0.39 is 5.97 Å². The van der Waals surface area contributed by atoms with E-state index in [1.807, 2.05) is 22.6 Å². The fourth-order valence-corrected chi connectivity index (χ4v) is 2.41. The SMILES string of the molecule is O=C(O)c1cc(I)ccc1NC(=O)N1CCCC1. The van der Waals surface area contributed by atoms with Crippen molar-refractivity contribution in [1.82, 2.24) is 4.90 Å². The Morgan fingerprint density at radius 3 is 2.56 bits per heavy atom. The van der Waals surface area contributed by atoms with Gasteiger partial charge in [-0.3, -0.25) is 0 Å². The maximum absolute atomic E-state index is 11.9. The zero-order chi connectivity index (χ0) is 13.1. The molecule has 1 aliphatic heterocycles. The van der Waals surface area contributed by atoms with Crippen LogP contribution in [-0.4, -0.2) is 35.1 Å². The van der Waals surface area contributed by atoms with Gasteiger partial charge in [-0.1, -0.05) is 0 Å². The molecule has 0 radical (unpaired) electrons. The first-order valence-corrected chi connectivity index (χ1v) is 6.74. The summed E-state index contributed by atoms with van der Waals surface area (Å²) in [6.45, 7) is 1.47. The third-order valence-electron chi connectivity index (χ3n) is 2.85. The number of carboxylic acid groups (broad SMARTS) is 1. The predicted octanol–water partition coefficient (Wildman–Crippen LogP) is 2.62. The van der Waals surface area contributed by atoms with E-state index in [-0.39, 0.29) is 11.6 Å². The average Bonchev–Trinajstić information content (AvgIpc) is 2.84. The number of anilines is 1. The highest BCUT2D eigenvalue weighted by Gasteiger charge is 2.20. The van der Waals surface area contributed by atoms with Crippen molar-refractivity contribution in [2.24, 2.45) is 0 Å². The summed E-state index contributed by atoms with van der Waals surface area (Å²) < 4.78 is 0.823. The van der Waals surface area contributed by atoms with Gasteiger partial charge in [0, 0.05) is 16.7 Å².